The molecule has 2 aromatic carbocycles. The molecule has 2 aromatic rings. The summed E-state index contributed by atoms with van der Waals surface area (Å²) in [7, 11) is 0. The lowest BCUT2D eigenvalue weighted by Crippen LogP contribution is -2.40. The van der Waals surface area contributed by atoms with E-state index in [-0.39, 0.29) is 25.3 Å². The Hall–Kier alpha value is -2.58. The van der Waals surface area contributed by atoms with Gasteiger partial charge in [0.25, 0.3) is 5.91 Å². The molecule has 1 N–H and O–H groups in total. The Morgan fingerprint density at radius 1 is 1.21 bits per heavy atom. The molecule has 0 radical (unpaired) electrons. The zero-order chi connectivity index (χ0) is 19.8. The SMILES string of the molecule is O=C1c2c(cccc2O[C@H]2CCOC[C@@H]2O)CN1Cc1c(F)cc(F)cc1F. The Morgan fingerprint density at radius 2 is 1.96 bits per heavy atom. The van der Waals surface area contributed by atoms with Crippen LogP contribution in [0.15, 0.2) is 30.3 Å². The molecular formula is C20H18F3NO4. The number of carbonyl (C=O) groups excluding carboxylic acids is 1. The quantitative estimate of drug-likeness (QED) is 0.868. The molecule has 2 aliphatic heterocycles. The molecular weight excluding hydrogens is 375 g/mol. The van der Waals surface area contributed by atoms with Crippen LogP contribution in [0.3, 0.4) is 0 Å². The third-order valence-electron chi connectivity index (χ3n) is 4.97. The number of hydrogen-bond donors (Lipinski definition) is 1. The number of carbonyl (C=O) groups is 1. The van der Waals surface area contributed by atoms with Crippen molar-refractivity contribution in [3.63, 3.8) is 0 Å². The van der Waals surface area contributed by atoms with Gasteiger partial charge < -0.3 is 19.5 Å². The standard InChI is InChI=1S/C20H18F3NO4/c21-12-6-14(22)13(15(23)7-12)9-24-8-11-2-1-3-18(19(11)20(24)26)28-17-4-5-27-10-16(17)25/h1-3,6-7,16-17,25H,4-5,8-10H2/t16-,17-/m0/s1. The summed E-state index contributed by atoms with van der Waals surface area (Å²) >= 11 is 0. The minimum atomic E-state index is -1.04. The number of rotatable bonds is 4. The van der Waals surface area contributed by atoms with Crippen LogP contribution in [-0.2, 0) is 17.8 Å². The molecule has 2 atom stereocenters. The van der Waals surface area contributed by atoms with Gasteiger partial charge in [0.15, 0.2) is 0 Å². The molecule has 148 valence electrons. The molecule has 1 saturated heterocycles. The van der Waals surface area contributed by atoms with Crippen LogP contribution < -0.4 is 4.74 Å². The number of ether oxygens (including phenoxy) is 2. The summed E-state index contributed by atoms with van der Waals surface area (Å²) < 4.78 is 52.1. The van der Waals surface area contributed by atoms with E-state index >= 15 is 0 Å². The fourth-order valence-electron chi connectivity index (χ4n) is 3.53. The van der Waals surface area contributed by atoms with Gasteiger partial charge in [0.2, 0.25) is 0 Å². The van der Waals surface area contributed by atoms with Crippen LogP contribution in [-0.4, -0.2) is 41.3 Å². The number of halogens is 3. The fraction of sp³-hybridized carbons (Fsp3) is 0.350. The largest absolute Gasteiger partial charge is 0.487 e. The van der Waals surface area contributed by atoms with Crippen LogP contribution in [0.2, 0.25) is 0 Å². The van der Waals surface area contributed by atoms with Crippen LogP contribution in [0.1, 0.15) is 27.9 Å². The van der Waals surface area contributed by atoms with Crippen molar-refractivity contribution >= 4 is 5.91 Å². The van der Waals surface area contributed by atoms with Gasteiger partial charge in [0.05, 0.1) is 25.3 Å². The Labute approximate surface area is 159 Å². The number of aliphatic hydroxyl groups excluding tert-OH is 1. The highest BCUT2D eigenvalue weighted by Gasteiger charge is 2.34. The molecule has 0 aromatic heterocycles. The van der Waals surface area contributed by atoms with E-state index in [1.54, 1.807) is 18.2 Å². The summed E-state index contributed by atoms with van der Waals surface area (Å²) in [5.41, 5.74) is 0.598. The second-order valence-corrected chi connectivity index (χ2v) is 6.89. The summed E-state index contributed by atoms with van der Waals surface area (Å²) in [6.45, 7) is 0.422. The first kappa shape index (κ1) is 18.8. The summed E-state index contributed by atoms with van der Waals surface area (Å²) in [6, 6.07) is 6.26. The van der Waals surface area contributed by atoms with Gasteiger partial charge in [0, 0.05) is 30.7 Å². The summed E-state index contributed by atoms with van der Waals surface area (Å²) in [5, 5.41) is 10.0. The predicted molar refractivity (Wildman–Crippen MR) is 92.2 cm³/mol. The van der Waals surface area contributed by atoms with Crippen molar-refractivity contribution < 1.29 is 32.5 Å². The fourth-order valence-corrected chi connectivity index (χ4v) is 3.53. The van der Waals surface area contributed by atoms with E-state index in [9.17, 15) is 23.1 Å². The van der Waals surface area contributed by atoms with E-state index in [0.717, 1.165) is 0 Å². The van der Waals surface area contributed by atoms with Gasteiger partial charge in [-0.1, -0.05) is 12.1 Å². The maximum absolute atomic E-state index is 14.0. The molecule has 2 aliphatic rings. The zero-order valence-electron chi connectivity index (χ0n) is 14.8. The topological polar surface area (TPSA) is 59.0 Å². The minimum absolute atomic E-state index is 0.151. The van der Waals surface area contributed by atoms with E-state index in [2.05, 4.69) is 0 Å². The van der Waals surface area contributed by atoms with E-state index in [1.807, 2.05) is 0 Å². The van der Waals surface area contributed by atoms with E-state index < -0.39 is 35.6 Å². The summed E-state index contributed by atoms with van der Waals surface area (Å²) in [6.07, 6.45) is -0.830. The maximum atomic E-state index is 14.0. The first-order valence-electron chi connectivity index (χ1n) is 8.91. The van der Waals surface area contributed by atoms with Crippen molar-refractivity contribution in [3.8, 4) is 5.75 Å². The van der Waals surface area contributed by atoms with Crippen molar-refractivity contribution in [2.45, 2.75) is 31.7 Å². The van der Waals surface area contributed by atoms with Crippen LogP contribution >= 0.6 is 0 Å². The van der Waals surface area contributed by atoms with Crippen LogP contribution in [0.5, 0.6) is 5.75 Å². The highest BCUT2D eigenvalue weighted by Crippen LogP contribution is 2.34. The molecule has 5 nitrogen and oxygen atoms in total. The molecule has 0 aliphatic carbocycles. The minimum Gasteiger partial charge on any atom is -0.487 e. The molecule has 0 bridgehead atoms. The number of aliphatic hydroxyl groups is 1. The second kappa shape index (κ2) is 7.44. The van der Waals surface area contributed by atoms with Gasteiger partial charge in [-0.25, -0.2) is 13.2 Å². The van der Waals surface area contributed by atoms with Crippen LogP contribution in [0.4, 0.5) is 13.2 Å². The molecule has 2 heterocycles. The van der Waals surface area contributed by atoms with Crippen molar-refractivity contribution in [3.05, 3.63) is 64.5 Å². The predicted octanol–water partition coefficient (Wildman–Crippen LogP) is 2.79. The monoisotopic (exact) mass is 393 g/mol. The normalized spacial score (nSPS) is 21.7. The molecule has 4 rings (SSSR count). The average molecular weight is 393 g/mol. The highest BCUT2D eigenvalue weighted by atomic mass is 19.1. The van der Waals surface area contributed by atoms with Crippen LogP contribution in [0, 0.1) is 17.5 Å². The van der Waals surface area contributed by atoms with Crippen molar-refractivity contribution in [2.24, 2.45) is 0 Å². The number of benzene rings is 2. The molecule has 1 amide bonds. The van der Waals surface area contributed by atoms with Gasteiger partial charge in [-0.05, 0) is 11.6 Å². The average Bonchev–Trinajstić information content (AvgIpc) is 2.97. The van der Waals surface area contributed by atoms with Crippen molar-refractivity contribution in [2.75, 3.05) is 13.2 Å². The first-order chi connectivity index (χ1) is 13.4. The number of nitrogens with zero attached hydrogens (tertiary/aromatic N) is 1. The highest BCUT2D eigenvalue weighted by molar-refractivity contribution is 6.01. The van der Waals surface area contributed by atoms with Crippen molar-refractivity contribution in [1.29, 1.82) is 0 Å². The third kappa shape index (κ3) is 3.45. The van der Waals surface area contributed by atoms with Gasteiger partial charge in [-0.15, -0.1) is 0 Å². The Kier molecular flexibility index (Phi) is 4.99. The van der Waals surface area contributed by atoms with E-state index in [1.165, 1.54) is 4.90 Å². The molecule has 0 unspecified atom stereocenters. The Bertz CT molecular complexity index is 897. The number of fused-ring (bicyclic) bond motifs is 1. The molecule has 8 heteroatoms. The lowest BCUT2D eigenvalue weighted by Gasteiger charge is -2.28. The third-order valence-corrected chi connectivity index (χ3v) is 4.97. The second-order valence-electron chi connectivity index (χ2n) is 6.89. The zero-order valence-corrected chi connectivity index (χ0v) is 14.8. The Balaban J connectivity index is 1.57. The van der Waals surface area contributed by atoms with Crippen LogP contribution in [0.25, 0.3) is 0 Å². The lowest BCUT2D eigenvalue weighted by atomic mass is 10.1. The first-order valence-corrected chi connectivity index (χ1v) is 8.91. The smallest absolute Gasteiger partial charge is 0.258 e. The lowest BCUT2D eigenvalue weighted by molar-refractivity contribution is -0.0752. The molecule has 0 spiro atoms. The molecule has 28 heavy (non-hydrogen) atoms. The summed E-state index contributed by atoms with van der Waals surface area (Å²) in [4.78, 5) is 14.1. The maximum Gasteiger partial charge on any atom is 0.258 e. The van der Waals surface area contributed by atoms with Gasteiger partial charge in [0.1, 0.15) is 35.4 Å². The van der Waals surface area contributed by atoms with E-state index in [4.69, 9.17) is 9.47 Å². The van der Waals surface area contributed by atoms with E-state index in [0.29, 0.717) is 42.0 Å². The number of amides is 1. The summed E-state index contributed by atoms with van der Waals surface area (Å²) in [5.74, 6) is -3.21. The van der Waals surface area contributed by atoms with Gasteiger partial charge in [-0.3, -0.25) is 4.79 Å². The Morgan fingerprint density at radius 3 is 2.68 bits per heavy atom. The van der Waals surface area contributed by atoms with Gasteiger partial charge >= 0.3 is 0 Å². The molecule has 0 saturated carbocycles. The van der Waals surface area contributed by atoms with Gasteiger partial charge in [-0.2, -0.15) is 0 Å². The van der Waals surface area contributed by atoms with Crippen molar-refractivity contribution in [1.82, 2.24) is 4.90 Å². The number of hydrogen-bond acceptors (Lipinski definition) is 4. The molecule has 1 fully saturated rings.